The number of aromatic nitrogens is 3. The number of rotatable bonds is 10. The van der Waals surface area contributed by atoms with E-state index in [-0.39, 0.29) is 41.3 Å². The number of methoxy groups -OCH3 is 1. The van der Waals surface area contributed by atoms with Crippen molar-refractivity contribution >= 4 is 39.9 Å². The molecule has 3 N–H and O–H groups in total. The van der Waals surface area contributed by atoms with Crippen LogP contribution in [0.4, 0.5) is 20.2 Å². The Kier molecular flexibility index (Phi) is 10.1. The summed E-state index contributed by atoms with van der Waals surface area (Å²) in [7, 11) is 3.17. The summed E-state index contributed by atoms with van der Waals surface area (Å²) in [4.78, 5) is 53.5. The molecule has 0 radical (unpaired) electrons. The van der Waals surface area contributed by atoms with Gasteiger partial charge in [-0.2, -0.15) is 5.10 Å². The molecule has 0 bridgehead atoms. The van der Waals surface area contributed by atoms with Gasteiger partial charge in [-0.15, -0.1) is 0 Å². The Morgan fingerprint density at radius 3 is 2.48 bits per heavy atom. The lowest BCUT2D eigenvalue weighted by Crippen LogP contribution is -2.47. The van der Waals surface area contributed by atoms with E-state index in [0.29, 0.717) is 90.0 Å². The zero-order valence-corrected chi connectivity index (χ0v) is 29.3. The summed E-state index contributed by atoms with van der Waals surface area (Å²) < 4.78 is 37.9. The molecule has 3 fully saturated rings. The third-order valence-corrected chi connectivity index (χ3v) is 10.9. The van der Waals surface area contributed by atoms with Gasteiger partial charge < -0.3 is 19.5 Å². The lowest BCUT2D eigenvalue weighted by molar-refractivity contribution is -0.133. The summed E-state index contributed by atoms with van der Waals surface area (Å²) in [5.41, 5.74) is 2.82. The van der Waals surface area contributed by atoms with Crippen LogP contribution in [0.3, 0.4) is 0 Å². The van der Waals surface area contributed by atoms with Crippen LogP contribution in [-0.4, -0.2) is 76.6 Å². The Labute approximate surface area is 299 Å². The number of carbonyl (C=O) groups excluding carboxylic acids is 3. The molecule has 12 nitrogen and oxygen atoms in total. The summed E-state index contributed by atoms with van der Waals surface area (Å²) in [6.07, 6.45) is 7.36. The fourth-order valence-electron chi connectivity index (χ4n) is 7.84. The van der Waals surface area contributed by atoms with E-state index in [0.717, 1.165) is 25.9 Å². The average molecular weight is 716 g/mol. The van der Waals surface area contributed by atoms with Gasteiger partial charge in [-0.1, -0.05) is 0 Å². The van der Waals surface area contributed by atoms with Crippen molar-refractivity contribution in [1.29, 1.82) is 0 Å². The Hall–Kier alpha value is -5.11. The van der Waals surface area contributed by atoms with Crippen LogP contribution in [0.15, 0.2) is 47.5 Å². The summed E-state index contributed by atoms with van der Waals surface area (Å²) >= 11 is 0. The summed E-state index contributed by atoms with van der Waals surface area (Å²) in [5.74, 6) is -0.597. The van der Waals surface area contributed by atoms with Crippen LogP contribution in [0.1, 0.15) is 50.5 Å². The molecule has 3 saturated heterocycles. The molecule has 3 aliphatic heterocycles. The van der Waals surface area contributed by atoms with Crippen molar-refractivity contribution in [2.75, 3.05) is 43.5 Å². The van der Waals surface area contributed by atoms with Gasteiger partial charge in [0.05, 0.1) is 19.0 Å². The molecule has 2 aromatic heterocycles. The maximum atomic E-state index is 15.7. The van der Waals surface area contributed by atoms with Crippen LogP contribution in [0.5, 0.6) is 5.75 Å². The molecule has 1 unspecified atom stereocenters. The van der Waals surface area contributed by atoms with Gasteiger partial charge in [0, 0.05) is 73.8 Å². The number of aryl methyl sites for hydroxylation is 1. The number of fused-ring (bicyclic) bond motifs is 1. The first-order valence-electron chi connectivity index (χ1n) is 17.9. The van der Waals surface area contributed by atoms with Crippen LogP contribution >= 0.6 is 0 Å². The number of hydrogen-bond acceptors (Lipinski definition) is 9. The number of likely N-dealkylation sites (tertiary alicyclic amines) is 1. The normalized spacial score (nSPS) is 19.2. The number of ether oxygens (including phenoxy) is 1. The van der Waals surface area contributed by atoms with E-state index in [2.05, 4.69) is 25.7 Å². The number of anilines is 2. The van der Waals surface area contributed by atoms with Crippen molar-refractivity contribution in [1.82, 2.24) is 25.0 Å². The van der Waals surface area contributed by atoms with E-state index < -0.39 is 17.8 Å². The second-order valence-electron chi connectivity index (χ2n) is 14.2. The van der Waals surface area contributed by atoms with Gasteiger partial charge in [0.2, 0.25) is 11.8 Å². The molecule has 0 aliphatic carbocycles. The van der Waals surface area contributed by atoms with E-state index in [1.807, 2.05) is 4.90 Å². The molecule has 0 saturated carbocycles. The number of aromatic amines is 1. The van der Waals surface area contributed by atoms with Crippen LogP contribution in [-0.2, 0) is 28.0 Å². The minimum absolute atomic E-state index is 0.0574. The number of nitrogens with one attached hydrogen (secondary N) is 3. The number of amides is 2. The molecule has 52 heavy (non-hydrogen) atoms. The minimum Gasteiger partial charge on any atom is -0.496 e. The Morgan fingerprint density at radius 1 is 1.00 bits per heavy atom. The molecular weight excluding hydrogens is 672 g/mol. The number of carbonyl (C=O) groups is 3. The van der Waals surface area contributed by atoms with Gasteiger partial charge >= 0.3 is 0 Å². The van der Waals surface area contributed by atoms with Crippen molar-refractivity contribution in [2.24, 2.45) is 18.9 Å². The standard InChI is InChI=1S/C38H43F2N7O5/c1-45-20-27(26-19-41-44-36(26)38(45)51)24-16-29(39)28(34(17-24)52-2)21-46-11-7-22(8-12-46)15-33(48)23-9-13-47(14-10-23)32-5-3-25(18-30(32)40)42-31-4-6-35(49)43-37(31)50/h3,5,16-20,22-23,31,42H,4,6-15,21H2,1-2H3,(H,41,44)(H,43,49,50). The van der Waals surface area contributed by atoms with E-state index >= 15 is 8.78 Å². The quantitative estimate of drug-likeness (QED) is 0.202. The van der Waals surface area contributed by atoms with Gasteiger partial charge in [0.15, 0.2) is 0 Å². The maximum absolute atomic E-state index is 15.7. The molecule has 7 rings (SSSR count). The third kappa shape index (κ3) is 7.29. The number of imide groups is 1. The van der Waals surface area contributed by atoms with Crippen LogP contribution in [0.2, 0.25) is 0 Å². The molecule has 2 amide bonds. The molecule has 5 heterocycles. The van der Waals surface area contributed by atoms with Crippen molar-refractivity contribution in [3.8, 4) is 16.9 Å². The summed E-state index contributed by atoms with van der Waals surface area (Å²) in [6, 6.07) is 7.49. The average Bonchev–Trinajstić information content (AvgIpc) is 3.63. The van der Waals surface area contributed by atoms with Gasteiger partial charge in [0.1, 0.15) is 34.7 Å². The number of hydrogen-bond donors (Lipinski definition) is 3. The zero-order valence-electron chi connectivity index (χ0n) is 29.3. The van der Waals surface area contributed by atoms with Crippen LogP contribution < -0.4 is 25.8 Å². The van der Waals surface area contributed by atoms with E-state index in [9.17, 15) is 19.2 Å². The van der Waals surface area contributed by atoms with E-state index in [4.69, 9.17) is 4.74 Å². The topological polar surface area (TPSA) is 142 Å². The highest BCUT2D eigenvalue weighted by Gasteiger charge is 2.31. The van der Waals surface area contributed by atoms with Crippen LogP contribution in [0, 0.1) is 23.5 Å². The number of benzene rings is 2. The first kappa shape index (κ1) is 35.3. The van der Waals surface area contributed by atoms with Gasteiger partial charge in [-0.3, -0.25) is 34.5 Å². The molecule has 274 valence electrons. The molecule has 0 spiro atoms. The number of nitrogens with zero attached hydrogens (tertiary/aromatic N) is 4. The predicted molar refractivity (Wildman–Crippen MR) is 192 cm³/mol. The van der Waals surface area contributed by atoms with Crippen molar-refractivity contribution in [3.63, 3.8) is 0 Å². The van der Waals surface area contributed by atoms with Gasteiger partial charge in [-0.05, 0) is 87.0 Å². The fraction of sp³-hybridized carbons (Fsp3) is 0.447. The highest BCUT2D eigenvalue weighted by atomic mass is 19.1. The molecule has 3 aliphatic rings. The summed E-state index contributed by atoms with van der Waals surface area (Å²) in [5, 5.41) is 12.7. The second kappa shape index (κ2) is 14.9. The fourth-order valence-corrected chi connectivity index (χ4v) is 7.84. The molecule has 14 heteroatoms. The first-order valence-corrected chi connectivity index (χ1v) is 17.9. The number of ketones is 1. The molecule has 4 aromatic rings. The summed E-state index contributed by atoms with van der Waals surface area (Å²) in [6.45, 7) is 3.02. The van der Waals surface area contributed by atoms with Crippen LogP contribution in [0.25, 0.3) is 22.0 Å². The Morgan fingerprint density at radius 2 is 1.77 bits per heavy atom. The number of halogens is 2. The highest BCUT2D eigenvalue weighted by Crippen LogP contribution is 2.35. The Bertz CT molecular complexity index is 2060. The number of H-pyrrole nitrogens is 1. The monoisotopic (exact) mass is 715 g/mol. The molecule has 2 aromatic carbocycles. The van der Waals surface area contributed by atoms with Gasteiger partial charge in [0.25, 0.3) is 5.56 Å². The van der Waals surface area contributed by atoms with Crippen molar-refractivity contribution in [2.45, 2.75) is 57.5 Å². The number of Topliss-reactive ketones (excluding diaryl/α,β-unsaturated/α-hetero) is 1. The molecular formula is C38H43F2N7O5. The Balaban J connectivity index is 0.896. The number of piperidine rings is 3. The smallest absolute Gasteiger partial charge is 0.276 e. The zero-order chi connectivity index (χ0) is 36.5. The number of pyridine rings is 1. The largest absolute Gasteiger partial charge is 0.496 e. The molecule has 1 atom stereocenters. The van der Waals surface area contributed by atoms with E-state index in [1.54, 1.807) is 37.6 Å². The maximum Gasteiger partial charge on any atom is 0.276 e. The van der Waals surface area contributed by atoms with E-state index in [1.165, 1.54) is 23.8 Å². The second-order valence-corrected chi connectivity index (χ2v) is 14.2. The van der Waals surface area contributed by atoms with Crippen molar-refractivity contribution < 1.29 is 27.9 Å². The minimum atomic E-state index is -0.587. The first-order chi connectivity index (χ1) is 25.1. The third-order valence-electron chi connectivity index (χ3n) is 10.9. The lowest BCUT2D eigenvalue weighted by atomic mass is 9.84. The lowest BCUT2D eigenvalue weighted by Gasteiger charge is -2.35. The van der Waals surface area contributed by atoms with Crippen molar-refractivity contribution in [3.05, 3.63) is 70.3 Å². The predicted octanol–water partition coefficient (Wildman–Crippen LogP) is 4.52. The highest BCUT2D eigenvalue weighted by molar-refractivity contribution is 6.01. The SMILES string of the molecule is COc1cc(-c2cn(C)c(=O)c3[nH]ncc23)cc(F)c1CN1CCC(CC(=O)C2CCN(c3ccc(NC4CCC(=O)NC4=O)cc3F)CC2)CC1. The van der Waals surface area contributed by atoms with Gasteiger partial charge in [-0.25, -0.2) is 8.78 Å².